The Morgan fingerprint density at radius 2 is 1.71 bits per heavy atom. The molecule has 1 aliphatic heterocycles. The van der Waals surface area contributed by atoms with Gasteiger partial charge in [-0.15, -0.1) is 0 Å². The quantitative estimate of drug-likeness (QED) is 0.489. The molecule has 2 heterocycles. The lowest BCUT2D eigenvalue weighted by Gasteiger charge is -2.18. The van der Waals surface area contributed by atoms with E-state index in [0.29, 0.717) is 23.0 Å². The van der Waals surface area contributed by atoms with Crippen molar-refractivity contribution >= 4 is 35.1 Å². The van der Waals surface area contributed by atoms with E-state index in [4.69, 9.17) is 0 Å². The minimum Gasteiger partial charge on any atom is -0.306 e. The van der Waals surface area contributed by atoms with Crippen LogP contribution in [0.3, 0.4) is 0 Å². The van der Waals surface area contributed by atoms with Gasteiger partial charge in [-0.05, 0) is 36.2 Å². The van der Waals surface area contributed by atoms with Gasteiger partial charge in [0.15, 0.2) is 0 Å². The molecule has 3 aromatic rings. The van der Waals surface area contributed by atoms with E-state index in [2.05, 4.69) is 10.3 Å². The zero-order chi connectivity index (χ0) is 21.6. The van der Waals surface area contributed by atoms with Crippen molar-refractivity contribution in [3.05, 3.63) is 101 Å². The number of para-hydroxylation sites is 1. The van der Waals surface area contributed by atoms with Crippen molar-refractivity contribution in [2.45, 2.75) is 11.7 Å². The molecular formula is C24H18N4O2S. The number of nitrogens with zero attached hydrogens (tertiary/aromatic N) is 3. The molecule has 1 saturated heterocycles. The summed E-state index contributed by atoms with van der Waals surface area (Å²) in [5.41, 5.74) is 1.51. The maximum atomic E-state index is 13.3. The fourth-order valence-electron chi connectivity index (χ4n) is 3.24. The lowest BCUT2D eigenvalue weighted by atomic mass is 10.1. The van der Waals surface area contributed by atoms with E-state index in [1.807, 2.05) is 54.6 Å². The highest BCUT2D eigenvalue weighted by atomic mass is 32.2. The molecule has 1 aromatic heterocycles. The zero-order valence-electron chi connectivity index (χ0n) is 16.4. The summed E-state index contributed by atoms with van der Waals surface area (Å²) in [4.78, 5) is 31.8. The number of benzene rings is 2. The molecule has 31 heavy (non-hydrogen) atoms. The number of hydrogen-bond acceptors (Lipinski definition) is 5. The summed E-state index contributed by atoms with van der Waals surface area (Å²) in [5.74, 6) is -0.423. The normalized spacial score (nSPS) is 17.2. The molecule has 152 valence electrons. The average molecular weight is 427 g/mol. The number of nitriles is 1. The third kappa shape index (κ3) is 4.49. The largest absolute Gasteiger partial charge is 0.306 e. The monoisotopic (exact) mass is 426 g/mol. The molecule has 1 N–H and O–H groups in total. The van der Waals surface area contributed by atoms with Gasteiger partial charge in [-0.1, -0.05) is 66.4 Å². The molecule has 1 fully saturated rings. The first-order valence-corrected chi connectivity index (χ1v) is 10.5. The Labute approximate surface area is 184 Å². The number of anilines is 2. The summed E-state index contributed by atoms with van der Waals surface area (Å²) in [7, 11) is 0. The molecule has 1 atom stereocenters. The maximum Gasteiger partial charge on any atom is 0.270 e. The first-order chi connectivity index (χ1) is 15.2. The van der Waals surface area contributed by atoms with Gasteiger partial charge in [0.2, 0.25) is 5.91 Å². The predicted molar refractivity (Wildman–Crippen MR) is 121 cm³/mol. The van der Waals surface area contributed by atoms with E-state index in [-0.39, 0.29) is 11.5 Å². The van der Waals surface area contributed by atoms with E-state index in [0.717, 1.165) is 5.56 Å². The number of carbonyl (C=O) groups excluding carboxylic acids is 2. The molecule has 1 aliphatic rings. The third-order valence-corrected chi connectivity index (χ3v) is 5.95. The van der Waals surface area contributed by atoms with Gasteiger partial charge in [0.1, 0.15) is 22.5 Å². The molecule has 0 saturated carbocycles. The van der Waals surface area contributed by atoms with E-state index >= 15 is 0 Å². The Hall–Kier alpha value is -3.89. The summed E-state index contributed by atoms with van der Waals surface area (Å²) in [6, 6.07) is 25.8. The minimum atomic E-state index is -0.599. The van der Waals surface area contributed by atoms with Gasteiger partial charge in [-0.2, -0.15) is 5.26 Å². The highest BCUT2D eigenvalue weighted by Crippen LogP contribution is 2.41. The summed E-state index contributed by atoms with van der Waals surface area (Å²) < 4.78 is 0. The van der Waals surface area contributed by atoms with Gasteiger partial charge in [0.05, 0.1) is 5.25 Å². The van der Waals surface area contributed by atoms with Crippen LogP contribution in [0.25, 0.3) is 0 Å². The molecule has 0 radical (unpaired) electrons. The Bertz CT molecular complexity index is 1160. The zero-order valence-corrected chi connectivity index (χ0v) is 17.3. The van der Waals surface area contributed by atoms with Gasteiger partial charge in [0, 0.05) is 11.9 Å². The van der Waals surface area contributed by atoms with E-state index in [1.54, 1.807) is 36.5 Å². The molecule has 4 rings (SSSR count). The number of pyridine rings is 1. The Morgan fingerprint density at radius 1 is 1.03 bits per heavy atom. The van der Waals surface area contributed by atoms with Gasteiger partial charge in [-0.25, -0.2) is 4.98 Å². The number of aromatic nitrogens is 1. The van der Waals surface area contributed by atoms with E-state index in [9.17, 15) is 14.9 Å². The fourth-order valence-corrected chi connectivity index (χ4v) is 4.55. The van der Waals surface area contributed by atoms with Crippen LogP contribution in [0.1, 0.15) is 5.56 Å². The van der Waals surface area contributed by atoms with E-state index < -0.39 is 11.2 Å². The molecular weight excluding hydrogens is 408 g/mol. The highest BCUT2D eigenvalue weighted by Gasteiger charge is 2.40. The first-order valence-electron chi connectivity index (χ1n) is 9.63. The first kappa shape index (κ1) is 20.4. The van der Waals surface area contributed by atoms with Crippen molar-refractivity contribution in [2.24, 2.45) is 0 Å². The van der Waals surface area contributed by atoms with Crippen LogP contribution in [0.2, 0.25) is 0 Å². The van der Waals surface area contributed by atoms with Gasteiger partial charge in [-0.3, -0.25) is 14.5 Å². The standard InChI is InChI=1S/C24H18N4O2S/c25-16-19(22(29)27-21-13-7-8-14-26-21)24-28(18-11-5-2-6-12-18)23(30)20(31-24)15-17-9-3-1-4-10-17/h1-14,20H,15H2,(H,26,27,29)/b24-19-/t20-/m0/s1. The lowest BCUT2D eigenvalue weighted by Crippen LogP contribution is -2.30. The molecule has 6 nitrogen and oxygen atoms in total. The fraction of sp³-hybridized carbons (Fsp3) is 0.0833. The van der Waals surface area contributed by atoms with Crippen molar-refractivity contribution < 1.29 is 9.59 Å². The SMILES string of the molecule is N#C/C(C(=O)Nc1ccccn1)=C1/S[C@@H](Cc2ccccc2)C(=O)N1c1ccccc1. The summed E-state index contributed by atoms with van der Waals surface area (Å²) in [6.45, 7) is 0. The van der Waals surface area contributed by atoms with Gasteiger partial charge < -0.3 is 5.32 Å². The highest BCUT2D eigenvalue weighted by molar-refractivity contribution is 8.05. The number of hydrogen-bond donors (Lipinski definition) is 1. The van der Waals surface area contributed by atoms with Crippen LogP contribution in [-0.2, 0) is 16.0 Å². The summed E-state index contributed by atoms with van der Waals surface area (Å²) >= 11 is 1.24. The third-order valence-electron chi connectivity index (χ3n) is 4.69. The van der Waals surface area contributed by atoms with Crippen LogP contribution in [0, 0.1) is 11.3 Å². The number of nitrogens with one attached hydrogen (secondary N) is 1. The molecule has 0 aliphatic carbocycles. The second kappa shape index (κ2) is 9.28. The van der Waals surface area contributed by atoms with Crippen LogP contribution in [0.4, 0.5) is 11.5 Å². The van der Waals surface area contributed by atoms with Crippen molar-refractivity contribution in [1.29, 1.82) is 5.26 Å². The van der Waals surface area contributed by atoms with Gasteiger partial charge >= 0.3 is 0 Å². The lowest BCUT2D eigenvalue weighted by molar-refractivity contribution is -0.117. The molecule has 0 unspecified atom stereocenters. The Kier molecular flexibility index (Phi) is 6.11. The van der Waals surface area contributed by atoms with Crippen LogP contribution < -0.4 is 10.2 Å². The number of thioether (sulfide) groups is 1. The molecule has 0 spiro atoms. The smallest absolute Gasteiger partial charge is 0.270 e. The summed E-state index contributed by atoms with van der Waals surface area (Å²) in [5, 5.41) is 12.3. The number of rotatable bonds is 5. The second-order valence-electron chi connectivity index (χ2n) is 6.77. The van der Waals surface area contributed by atoms with Crippen LogP contribution >= 0.6 is 11.8 Å². The predicted octanol–water partition coefficient (Wildman–Crippen LogP) is 4.15. The van der Waals surface area contributed by atoms with Crippen molar-refractivity contribution in [2.75, 3.05) is 10.2 Å². The Balaban J connectivity index is 1.71. The number of amides is 2. The minimum absolute atomic E-state index is 0.122. The van der Waals surface area contributed by atoms with Crippen LogP contribution in [0.5, 0.6) is 0 Å². The molecule has 2 aromatic carbocycles. The van der Waals surface area contributed by atoms with E-state index in [1.165, 1.54) is 16.7 Å². The summed E-state index contributed by atoms with van der Waals surface area (Å²) in [6.07, 6.45) is 2.05. The van der Waals surface area contributed by atoms with Crippen molar-refractivity contribution in [3.8, 4) is 6.07 Å². The van der Waals surface area contributed by atoms with Crippen molar-refractivity contribution in [3.63, 3.8) is 0 Å². The topological polar surface area (TPSA) is 86.1 Å². The Morgan fingerprint density at radius 3 is 2.35 bits per heavy atom. The van der Waals surface area contributed by atoms with Crippen LogP contribution in [-0.4, -0.2) is 22.0 Å². The number of carbonyl (C=O) groups is 2. The van der Waals surface area contributed by atoms with Crippen LogP contribution in [0.15, 0.2) is 95.7 Å². The van der Waals surface area contributed by atoms with Crippen molar-refractivity contribution in [1.82, 2.24) is 4.98 Å². The second-order valence-corrected chi connectivity index (χ2v) is 7.96. The van der Waals surface area contributed by atoms with Gasteiger partial charge in [0.25, 0.3) is 5.91 Å². The molecule has 2 amide bonds. The molecule has 0 bridgehead atoms. The molecule has 7 heteroatoms. The average Bonchev–Trinajstić information content (AvgIpc) is 3.11. The maximum absolute atomic E-state index is 13.3.